The van der Waals surface area contributed by atoms with E-state index in [-0.39, 0.29) is 17.2 Å². The van der Waals surface area contributed by atoms with E-state index < -0.39 is 22.0 Å². The summed E-state index contributed by atoms with van der Waals surface area (Å²) in [5.74, 6) is -1.11. The second kappa shape index (κ2) is 7.53. The monoisotopic (exact) mass is 315 g/mol. The predicted octanol–water partition coefficient (Wildman–Crippen LogP) is 1.61. The normalized spacial score (nSPS) is 13.3. The van der Waals surface area contributed by atoms with Crippen LogP contribution in [-0.4, -0.2) is 32.6 Å². The first-order chi connectivity index (χ1) is 9.76. The summed E-state index contributed by atoms with van der Waals surface area (Å²) in [5.41, 5.74) is 0.841. The molecule has 0 bridgehead atoms. The number of carbonyl (C=O) groups is 1. The molecule has 1 aromatic carbocycles. The zero-order valence-electron chi connectivity index (χ0n) is 12.4. The maximum Gasteiger partial charge on any atom is 0.321 e. The first-order valence-corrected chi connectivity index (χ1v) is 8.07. The summed E-state index contributed by atoms with van der Waals surface area (Å²) in [4.78, 5) is 11.2. The van der Waals surface area contributed by atoms with E-state index in [1.165, 1.54) is 12.1 Å². The fourth-order valence-corrected chi connectivity index (χ4v) is 3.06. The maximum absolute atomic E-state index is 12.2. The van der Waals surface area contributed by atoms with Crippen molar-refractivity contribution in [1.82, 2.24) is 4.72 Å². The molecule has 0 radical (unpaired) electrons. The van der Waals surface area contributed by atoms with Gasteiger partial charge in [-0.25, -0.2) is 8.42 Å². The quantitative estimate of drug-likeness (QED) is 0.760. The SMILES string of the molecule is COCc1ccc(S(=O)(=O)N[C@@H](CC(C)C)C(=O)O)cc1. The summed E-state index contributed by atoms with van der Waals surface area (Å²) in [7, 11) is -2.30. The fourth-order valence-electron chi connectivity index (χ4n) is 1.86. The molecule has 0 heterocycles. The molecule has 0 aromatic heterocycles. The van der Waals surface area contributed by atoms with E-state index in [2.05, 4.69) is 4.72 Å². The zero-order valence-corrected chi connectivity index (χ0v) is 13.2. The Labute approximate surface area is 125 Å². The van der Waals surface area contributed by atoms with Gasteiger partial charge in [0.15, 0.2) is 0 Å². The van der Waals surface area contributed by atoms with Crippen molar-refractivity contribution in [3.63, 3.8) is 0 Å². The molecular formula is C14H21NO5S. The number of carboxylic acid groups (broad SMARTS) is 1. The number of nitrogens with one attached hydrogen (secondary N) is 1. The lowest BCUT2D eigenvalue weighted by Crippen LogP contribution is -2.41. The van der Waals surface area contributed by atoms with E-state index in [9.17, 15) is 13.2 Å². The van der Waals surface area contributed by atoms with Gasteiger partial charge in [0.1, 0.15) is 6.04 Å². The molecule has 0 unspecified atom stereocenters. The Bertz CT molecular complexity index is 566. The summed E-state index contributed by atoms with van der Waals surface area (Å²) >= 11 is 0. The Hall–Kier alpha value is -1.44. The highest BCUT2D eigenvalue weighted by molar-refractivity contribution is 7.89. The van der Waals surface area contributed by atoms with Crippen molar-refractivity contribution < 1.29 is 23.1 Å². The molecule has 7 heteroatoms. The molecule has 118 valence electrons. The summed E-state index contributed by atoms with van der Waals surface area (Å²) < 4.78 is 31.6. The van der Waals surface area contributed by atoms with Crippen molar-refractivity contribution in [1.29, 1.82) is 0 Å². The van der Waals surface area contributed by atoms with Crippen molar-refractivity contribution in [2.45, 2.75) is 37.8 Å². The highest BCUT2D eigenvalue weighted by Crippen LogP contribution is 2.14. The third kappa shape index (κ3) is 5.45. The number of benzene rings is 1. The van der Waals surface area contributed by atoms with Gasteiger partial charge < -0.3 is 9.84 Å². The number of hydrogen-bond donors (Lipinski definition) is 2. The van der Waals surface area contributed by atoms with Gasteiger partial charge in [-0.3, -0.25) is 4.79 Å². The van der Waals surface area contributed by atoms with Crippen molar-refractivity contribution in [3.05, 3.63) is 29.8 Å². The molecule has 1 atom stereocenters. The molecule has 0 aliphatic rings. The summed E-state index contributed by atoms with van der Waals surface area (Å²) in [6.45, 7) is 4.06. The molecule has 6 nitrogen and oxygen atoms in total. The van der Waals surface area contributed by atoms with Crippen molar-refractivity contribution >= 4 is 16.0 Å². The van der Waals surface area contributed by atoms with Gasteiger partial charge in [0.2, 0.25) is 10.0 Å². The third-order valence-corrected chi connectivity index (χ3v) is 4.33. The minimum absolute atomic E-state index is 0.0392. The second-order valence-corrected chi connectivity index (χ2v) is 6.93. The van der Waals surface area contributed by atoms with Crippen LogP contribution in [0.1, 0.15) is 25.8 Å². The maximum atomic E-state index is 12.2. The number of sulfonamides is 1. The minimum Gasteiger partial charge on any atom is -0.480 e. The smallest absolute Gasteiger partial charge is 0.321 e. The lowest BCUT2D eigenvalue weighted by atomic mass is 10.1. The molecule has 0 aliphatic carbocycles. The van der Waals surface area contributed by atoms with Crippen LogP contribution in [0.2, 0.25) is 0 Å². The number of carboxylic acids is 1. The minimum atomic E-state index is -3.85. The third-order valence-electron chi connectivity index (χ3n) is 2.85. The topological polar surface area (TPSA) is 92.7 Å². The van der Waals surface area contributed by atoms with Crippen LogP contribution in [0.15, 0.2) is 29.2 Å². The predicted molar refractivity (Wildman–Crippen MR) is 78.4 cm³/mol. The van der Waals surface area contributed by atoms with E-state index in [1.54, 1.807) is 19.2 Å². The Morgan fingerprint density at radius 3 is 2.29 bits per heavy atom. The standard InChI is InChI=1S/C14H21NO5S/c1-10(2)8-13(14(16)17)15-21(18,19)12-6-4-11(5-7-12)9-20-3/h4-7,10,13,15H,8-9H2,1-3H3,(H,16,17)/t13-/m0/s1. The van der Waals surface area contributed by atoms with Crippen LogP contribution in [0.4, 0.5) is 0 Å². The molecule has 2 N–H and O–H groups in total. The van der Waals surface area contributed by atoms with Crippen molar-refractivity contribution in [2.75, 3.05) is 7.11 Å². The molecule has 0 aliphatic heterocycles. The average Bonchev–Trinajstić information content (AvgIpc) is 2.38. The van der Waals surface area contributed by atoms with E-state index in [4.69, 9.17) is 9.84 Å². The van der Waals surface area contributed by atoms with Crippen LogP contribution in [0.25, 0.3) is 0 Å². The fraction of sp³-hybridized carbons (Fsp3) is 0.500. The van der Waals surface area contributed by atoms with Crippen molar-refractivity contribution in [2.24, 2.45) is 5.92 Å². The lowest BCUT2D eigenvalue weighted by molar-refractivity contribution is -0.139. The van der Waals surface area contributed by atoms with Gasteiger partial charge in [-0.15, -0.1) is 0 Å². The summed E-state index contributed by atoms with van der Waals surface area (Å²) in [5, 5.41) is 9.10. The Balaban J connectivity index is 2.91. The number of aliphatic carboxylic acids is 1. The number of methoxy groups -OCH3 is 1. The molecule has 0 amide bonds. The average molecular weight is 315 g/mol. The van der Waals surface area contributed by atoms with Crippen molar-refractivity contribution in [3.8, 4) is 0 Å². The van der Waals surface area contributed by atoms with Gasteiger partial charge in [0.05, 0.1) is 11.5 Å². The highest BCUT2D eigenvalue weighted by Gasteiger charge is 2.25. The van der Waals surface area contributed by atoms with Crippen LogP contribution in [0, 0.1) is 5.92 Å². The molecule has 0 saturated carbocycles. The van der Waals surface area contributed by atoms with Crippen LogP contribution in [-0.2, 0) is 26.2 Å². The number of rotatable bonds is 8. The van der Waals surface area contributed by atoms with Gasteiger partial charge in [-0.05, 0) is 30.0 Å². The Morgan fingerprint density at radius 1 is 1.29 bits per heavy atom. The zero-order chi connectivity index (χ0) is 16.0. The number of hydrogen-bond acceptors (Lipinski definition) is 4. The van der Waals surface area contributed by atoms with Gasteiger partial charge in [0.25, 0.3) is 0 Å². The first-order valence-electron chi connectivity index (χ1n) is 6.59. The van der Waals surface area contributed by atoms with Gasteiger partial charge in [0, 0.05) is 7.11 Å². The van der Waals surface area contributed by atoms with E-state index >= 15 is 0 Å². The van der Waals surface area contributed by atoms with Gasteiger partial charge >= 0.3 is 5.97 Å². The molecule has 1 rings (SSSR count). The summed E-state index contributed by atoms with van der Waals surface area (Å²) in [6, 6.07) is 5.01. The second-order valence-electron chi connectivity index (χ2n) is 5.22. The van der Waals surface area contributed by atoms with Crippen LogP contribution in [0.5, 0.6) is 0 Å². The Morgan fingerprint density at radius 2 is 1.86 bits per heavy atom. The largest absolute Gasteiger partial charge is 0.480 e. The molecular weight excluding hydrogens is 294 g/mol. The molecule has 21 heavy (non-hydrogen) atoms. The lowest BCUT2D eigenvalue weighted by Gasteiger charge is -2.16. The van der Waals surface area contributed by atoms with Crippen LogP contribution >= 0.6 is 0 Å². The first kappa shape index (κ1) is 17.6. The van der Waals surface area contributed by atoms with Crippen LogP contribution < -0.4 is 4.72 Å². The number of ether oxygens (including phenoxy) is 1. The molecule has 0 fully saturated rings. The molecule has 0 spiro atoms. The van der Waals surface area contributed by atoms with E-state index in [0.29, 0.717) is 6.61 Å². The van der Waals surface area contributed by atoms with Crippen LogP contribution in [0.3, 0.4) is 0 Å². The molecule has 0 saturated heterocycles. The highest BCUT2D eigenvalue weighted by atomic mass is 32.2. The summed E-state index contributed by atoms with van der Waals surface area (Å²) in [6.07, 6.45) is 0.232. The molecule has 1 aromatic rings. The van der Waals surface area contributed by atoms with E-state index in [1.807, 2.05) is 13.8 Å². The van der Waals surface area contributed by atoms with Gasteiger partial charge in [-0.2, -0.15) is 4.72 Å². The van der Waals surface area contributed by atoms with Gasteiger partial charge in [-0.1, -0.05) is 26.0 Å². The Kier molecular flexibility index (Phi) is 6.32. The van der Waals surface area contributed by atoms with E-state index in [0.717, 1.165) is 5.56 Å².